The van der Waals surface area contributed by atoms with E-state index in [1.54, 1.807) is 0 Å². The highest BCUT2D eigenvalue weighted by molar-refractivity contribution is 7.22. The van der Waals surface area contributed by atoms with Crippen LogP contribution in [0.15, 0.2) is 48.5 Å². The Morgan fingerprint density at radius 1 is 0.960 bits per heavy atom. The number of aryl methyl sites for hydroxylation is 2. The number of hydrogen-bond acceptors (Lipinski definition) is 5. The van der Waals surface area contributed by atoms with Crippen molar-refractivity contribution in [2.45, 2.75) is 13.8 Å². The van der Waals surface area contributed by atoms with Crippen LogP contribution in [0.25, 0.3) is 20.8 Å². The van der Waals surface area contributed by atoms with Crippen LogP contribution in [0.2, 0.25) is 0 Å². The molecule has 6 heteroatoms. The Hall–Kier alpha value is -2.57. The third-order valence-corrected chi connectivity index (χ3v) is 5.97. The summed E-state index contributed by atoms with van der Waals surface area (Å²) in [4.78, 5) is 22.3. The smallest absolute Gasteiger partial charge is 0.269 e. The first-order valence-corrected chi connectivity index (χ1v) is 9.45. The molecule has 2 aromatic carbocycles. The maximum absolute atomic E-state index is 12.6. The molecule has 0 atom stereocenters. The standard InChI is InChI=1S/C19H15N3OS2/c1-11-7-9-13(10-8-11)18-20-12(2)16(25-18)17(23)22-19-21-14-5-3-4-6-15(14)24-19/h3-10H,1-2H3,(H,21,22,23). The third kappa shape index (κ3) is 3.18. The van der Waals surface area contributed by atoms with Crippen LogP contribution in [0.3, 0.4) is 0 Å². The van der Waals surface area contributed by atoms with Crippen LogP contribution in [0.5, 0.6) is 0 Å². The van der Waals surface area contributed by atoms with Gasteiger partial charge in [-0.1, -0.05) is 53.3 Å². The molecular formula is C19H15N3OS2. The van der Waals surface area contributed by atoms with Crippen molar-refractivity contribution >= 4 is 43.9 Å². The molecule has 0 saturated carbocycles. The summed E-state index contributed by atoms with van der Waals surface area (Å²) in [5.74, 6) is -0.160. The van der Waals surface area contributed by atoms with Gasteiger partial charge in [0.2, 0.25) is 0 Å². The van der Waals surface area contributed by atoms with Gasteiger partial charge in [-0.15, -0.1) is 11.3 Å². The van der Waals surface area contributed by atoms with Gasteiger partial charge < -0.3 is 0 Å². The second-order valence-corrected chi connectivity index (χ2v) is 7.77. The van der Waals surface area contributed by atoms with Crippen LogP contribution >= 0.6 is 22.7 Å². The summed E-state index contributed by atoms with van der Waals surface area (Å²) >= 11 is 2.88. The van der Waals surface area contributed by atoms with Crippen LogP contribution in [0.1, 0.15) is 20.9 Å². The van der Waals surface area contributed by atoms with Gasteiger partial charge in [-0.2, -0.15) is 0 Å². The molecule has 1 N–H and O–H groups in total. The Morgan fingerprint density at radius 3 is 2.48 bits per heavy atom. The number of carbonyl (C=O) groups excluding carboxylic acids is 1. The zero-order chi connectivity index (χ0) is 17.4. The van der Waals surface area contributed by atoms with Gasteiger partial charge in [-0.25, -0.2) is 9.97 Å². The zero-order valence-corrected chi connectivity index (χ0v) is 15.4. The van der Waals surface area contributed by atoms with E-state index in [1.165, 1.54) is 28.2 Å². The molecule has 25 heavy (non-hydrogen) atoms. The Morgan fingerprint density at radius 2 is 1.72 bits per heavy atom. The van der Waals surface area contributed by atoms with E-state index in [9.17, 15) is 4.79 Å². The highest BCUT2D eigenvalue weighted by Crippen LogP contribution is 2.30. The number of para-hydroxylation sites is 1. The molecule has 0 radical (unpaired) electrons. The fourth-order valence-corrected chi connectivity index (χ4v) is 4.33. The van der Waals surface area contributed by atoms with E-state index in [0.717, 1.165) is 26.5 Å². The van der Waals surface area contributed by atoms with Gasteiger partial charge in [0.05, 0.1) is 15.9 Å². The average molecular weight is 365 g/mol. The first-order valence-electron chi connectivity index (χ1n) is 7.81. The normalized spacial score (nSPS) is 11.0. The van der Waals surface area contributed by atoms with Crippen molar-refractivity contribution in [3.05, 3.63) is 64.7 Å². The number of thiazole rings is 2. The summed E-state index contributed by atoms with van der Waals surface area (Å²) in [7, 11) is 0. The number of hydrogen-bond donors (Lipinski definition) is 1. The Balaban J connectivity index is 1.60. The second-order valence-electron chi connectivity index (χ2n) is 5.74. The predicted octanol–water partition coefficient (Wildman–Crippen LogP) is 5.29. The van der Waals surface area contributed by atoms with Crippen LogP contribution in [-0.2, 0) is 0 Å². The lowest BCUT2D eigenvalue weighted by Crippen LogP contribution is -2.11. The molecule has 0 aliphatic heterocycles. The van der Waals surface area contributed by atoms with Gasteiger partial charge in [0, 0.05) is 5.56 Å². The number of amides is 1. The van der Waals surface area contributed by atoms with Crippen molar-refractivity contribution in [1.29, 1.82) is 0 Å². The molecule has 124 valence electrons. The summed E-state index contributed by atoms with van der Waals surface area (Å²) in [5, 5.41) is 4.36. The molecule has 2 aromatic heterocycles. The van der Waals surface area contributed by atoms with Gasteiger partial charge >= 0.3 is 0 Å². The van der Waals surface area contributed by atoms with Crippen molar-refractivity contribution < 1.29 is 4.79 Å². The van der Waals surface area contributed by atoms with E-state index >= 15 is 0 Å². The van der Waals surface area contributed by atoms with Crippen LogP contribution in [0, 0.1) is 13.8 Å². The van der Waals surface area contributed by atoms with E-state index < -0.39 is 0 Å². The lowest BCUT2D eigenvalue weighted by atomic mass is 10.2. The molecule has 2 heterocycles. The van der Waals surface area contributed by atoms with Crippen molar-refractivity contribution in [3.8, 4) is 10.6 Å². The van der Waals surface area contributed by atoms with Gasteiger partial charge in [-0.05, 0) is 26.0 Å². The Kier molecular flexibility index (Phi) is 4.07. The van der Waals surface area contributed by atoms with Crippen LogP contribution < -0.4 is 5.32 Å². The minimum atomic E-state index is -0.160. The lowest BCUT2D eigenvalue weighted by molar-refractivity contribution is 0.103. The number of aromatic nitrogens is 2. The molecular weight excluding hydrogens is 350 g/mol. The molecule has 4 rings (SSSR count). The first-order chi connectivity index (χ1) is 12.1. The van der Waals surface area contributed by atoms with E-state index in [2.05, 4.69) is 15.3 Å². The Bertz CT molecular complexity index is 1030. The van der Waals surface area contributed by atoms with Crippen molar-refractivity contribution in [1.82, 2.24) is 9.97 Å². The molecule has 0 bridgehead atoms. The lowest BCUT2D eigenvalue weighted by Gasteiger charge is -1.98. The maximum atomic E-state index is 12.6. The number of nitrogens with one attached hydrogen (secondary N) is 1. The van der Waals surface area contributed by atoms with Gasteiger partial charge in [0.15, 0.2) is 5.13 Å². The molecule has 0 fully saturated rings. The van der Waals surface area contributed by atoms with Gasteiger partial charge in [0.1, 0.15) is 9.88 Å². The van der Waals surface area contributed by atoms with Gasteiger partial charge in [0.25, 0.3) is 5.91 Å². The molecule has 0 aliphatic carbocycles. The predicted molar refractivity (Wildman–Crippen MR) is 105 cm³/mol. The SMILES string of the molecule is Cc1ccc(-c2nc(C)c(C(=O)Nc3nc4ccccc4s3)s2)cc1. The van der Waals surface area contributed by atoms with Crippen molar-refractivity contribution in [2.75, 3.05) is 5.32 Å². The highest BCUT2D eigenvalue weighted by atomic mass is 32.1. The number of fused-ring (bicyclic) bond motifs is 1. The molecule has 4 nitrogen and oxygen atoms in total. The molecule has 0 saturated heterocycles. The monoisotopic (exact) mass is 365 g/mol. The largest absolute Gasteiger partial charge is 0.297 e. The number of nitrogens with zero attached hydrogens (tertiary/aromatic N) is 2. The van der Waals surface area contributed by atoms with Crippen molar-refractivity contribution in [3.63, 3.8) is 0 Å². The summed E-state index contributed by atoms with van der Waals surface area (Å²) in [6.45, 7) is 3.91. The first kappa shape index (κ1) is 15.9. The minimum Gasteiger partial charge on any atom is -0.297 e. The Labute approximate surface area is 153 Å². The summed E-state index contributed by atoms with van der Waals surface area (Å²) in [6, 6.07) is 16.0. The fourth-order valence-electron chi connectivity index (χ4n) is 2.51. The van der Waals surface area contributed by atoms with Crippen molar-refractivity contribution in [2.24, 2.45) is 0 Å². The topological polar surface area (TPSA) is 54.9 Å². The number of anilines is 1. The number of rotatable bonds is 3. The highest BCUT2D eigenvalue weighted by Gasteiger charge is 2.17. The average Bonchev–Trinajstić information content (AvgIpc) is 3.18. The number of carbonyl (C=O) groups is 1. The van der Waals surface area contributed by atoms with Crippen LogP contribution in [0.4, 0.5) is 5.13 Å². The second kappa shape index (κ2) is 6.38. The minimum absolute atomic E-state index is 0.160. The zero-order valence-electron chi connectivity index (χ0n) is 13.7. The van der Waals surface area contributed by atoms with E-state index in [0.29, 0.717) is 10.0 Å². The van der Waals surface area contributed by atoms with E-state index in [-0.39, 0.29) is 5.91 Å². The fraction of sp³-hybridized carbons (Fsp3) is 0.105. The number of benzene rings is 2. The quantitative estimate of drug-likeness (QED) is 0.537. The van der Waals surface area contributed by atoms with E-state index in [4.69, 9.17) is 0 Å². The summed E-state index contributed by atoms with van der Waals surface area (Å²) in [6.07, 6.45) is 0. The molecule has 1 amide bonds. The molecule has 0 spiro atoms. The third-order valence-electron chi connectivity index (χ3n) is 3.82. The summed E-state index contributed by atoms with van der Waals surface area (Å²) < 4.78 is 1.05. The van der Waals surface area contributed by atoms with Crippen LogP contribution in [-0.4, -0.2) is 15.9 Å². The van der Waals surface area contributed by atoms with E-state index in [1.807, 2.05) is 62.4 Å². The summed E-state index contributed by atoms with van der Waals surface area (Å²) in [5.41, 5.74) is 3.85. The molecule has 0 unspecified atom stereocenters. The molecule has 4 aromatic rings. The molecule has 0 aliphatic rings. The maximum Gasteiger partial charge on any atom is 0.269 e. The van der Waals surface area contributed by atoms with Gasteiger partial charge in [-0.3, -0.25) is 10.1 Å².